The van der Waals surface area contributed by atoms with Gasteiger partial charge in [0.2, 0.25) is 0 Å². The second kappa shape index (κ2) is 6.04. The van der Waals surface area contributed by atoms with Crippen molar-refractivity contribution in [3.63, 3.8) is 0 Å². The number of amides is 1. The van der Waals surface area contributed by atoms with Crippen LogP contribution in [0.1, 0.15) is 10.4 Å². The number of ether oxygens (including phenoxy) is 1. The lowest BCUT2D eigenvalue weighted by atomic mass is 10.2. The third-order valence-electron chi connectivity index (χ3n) is 2.41. The highest BCUT2D eigenvalue weighted by atomic mass is 79.9. The number of nitrogens with zero attached hydrogens (tertiary/aromatic N) is 1. The molecular formula is C13H10BrClN2O2. The molecule has 0 unspecified atom stereocenters. The van der Waals surface area contributed by atoms with Crippen LogP contribution < -0.4 is 10.1 Å². The van der Waals surface area contributed by atoms with E-state index in [9.17, 15) is 4.79 Å². The van der Waals surface area contributed by atoms with E-state index in [-0.39, 0.29) is 5.91 Å². The molecule has 2 rings (SSSR count). The molecule has 98 valence electrons. The molecule has 0 saturated carbocycles. The maximum absolute atomic E-state index is 12.1. The number of anilines is 1. The molecule has 0 saturated heterocycles. The molecule has 4 nitrogen and oxygen atoms in total. The van der Waals surface area contributed by atoms with Crippen LogP contribution in [0.15, 0.2) is 41.1 Å². The SMILES string of the molecule is COc1cc(NC(=O)c2cccnc2Br)ccc1Cl. The van der Waals surface area contributed by atoms with Crippen LogP contribution in [0.3, 0.4) is 0 Å². The Bertz CT molecular complexity index is 619. The van der Waals surface area contributed by atoms with Crippen molar-refractivity contribution >= 4 is 39.1 Å². The minimum Gasteiger partial charge on any atom is -0.495 e. The molecule has 2 aromatic rings. The Morgan fingerprint density at radius 2 is 2.21 bits per heavy atom. The summed E-state index contributed by atoms with van der Waals surface area (Å²) in [5, 5.41) is 3.24. The van der Waals surface area contributed by atoms with Crippen LogP contribution in [-0.2, 0) is 0 Å². The van der Waals surface area contributed by atoms with E-state index in [1.807, 2.05) is 0 Å². The van der Waals surface area contributed by atoms with Gasteiger partial charge >= 0.3 is 0 Å². The molecule has 0 aliphatic carbocycles. The summed E-state index contributed by atoms with van der Waals surface area (Å²) in [6.07, 6.45) is 1.60. The average molecular weight is 342 g/mol. The van der Waals surface area contributed by atoms with Gasteiger partial charge in [0.15, 0.2) is 0 Å². The zero-order chi connectivity index (χ0) is 13.8. The molecule has 0 fully saturated rings. The van der Waals surface area contributed by atoms with Crippen LogP contribution in [0.2, 0.25) is 5.02 Å². The molecule has 1 aromatic heterocycles. The summed E-state index contributed by atoms with van der Waals surface area (Å²) in [4.78, 5) is 16.1. The van der Waals surface area contributed by atoms with Crippen molar-refractivity contribution in [2.75, 3.05) is 12.4 Å². The lowest BCUT2D eigenvalue weighted by Gasteiger charge is -2.09. The number of pyridine rings is 1. The summed E-state index contributed by atoms with van der Waals surface area (Å²) >= 11 is 9.15. The maximum atomic E-state index is 12.1. The van der Waals surface area contributed by atoms with Gasteiger partial charge in [-0.05, 0) is 40.2 Å². The van der Waals surface area contributed by atoms with Gasteiger partial charge in [0.25, 0.3) is 5.91 Å². The Labute approximate surface area is 123 Å². The first-order valence-corrected chi connectivity index (χ1v) is 6.54. The third-order valence-corrected chi connectivity index (χ3v) is 3.36. The van der Waals surface area contributed by atoms with Crippen LogP contribution >= 0.6 is 27.5 Å². The molecule has 1 amide bonds. The fourth-order valence-electron chi connectivity index (χ4n) is 1.49. The fourth-order valence-corrected chi connectivity index (χ4v) is 2.12. The minimum atomic E-state index is -0.260. The molecule has 1 heterocycles. The summed E-state index contributed by atoms with van der Waals surface area (Å²) in [6, 6.07) is 8.40. The summed E-state index contributed by atoms with van der Waals surface area (Å²) in [7, 11) is 1.52. The van der Waals surface area contributed by atoms with E-state index in [1.54, 1.807) is 36.5 Å². The van der Waals surface area contributed by atoms with Gasteiger partial charge in [0.05, 0.1) is 17.7 Å². The first kappa shape index (κ1) is 13.8. The molecular weight excluding hydrogens is 332 g/mol. The number of carbonyl (C=O) groups is 1. The van der Waals surface area contributed by atoms with E-state index in [2.05, 4.69) is 26.2 Å². The number of methoxy groups -OCH3 is 1. The van der Waals surface area contributed by atoms with E-state index in [4.69, 9.17) is 16.3 Å². The lowest BCUT2D eigenvalue weighted by molar-refractivity contribution is 0.102. The average Bonchev–Trinajstić information content (AvgIpc) is 2.41. The predicted octanol–water partition coefficient (Wildman–Crippen LogP) is 3.76. The fraction of sp³-hybridized carbons (Fsp3) is 0.0769. The van der Waals surface area contributed by atoms with Crippen molar-refractivity contribution in [3.05, 3.63) is 51.7 Å². The summed E-state index contributed by atoms with van der Waals surface area (Å²) in [5.41, 5.74) is 1.05. The van der Waals surface area contributed by atoms with Gasteiger partial charge < -0.3 is 10.1 Å². The minimum absolute atomic E-state index is 0.260. The number of rotatable bonds is 3. The van der Waals surface area contributed by atoms with Crippen molar-refractivity contribution in [2.24, 2.45) is 0 Å². The van der Waals surface area contributed by atoms with E-state index < -0.39 is 0 Å². The molecule has 0 radical (unpaired) electrons. The normalized spacial score (nSPS) is 10.1. The second-order valence-corrected chi connectivity index (χ2v) is 4.80. The lowest BCUT2D eigenvalue weighted by Crippen LogP contribution is -2.13. The second-order valence-electron chi connectivity index (χ2n) is 3.65. The molecule has 0 spiro atoms. The number of hydrogen-bond acceptors (Lipinski definition) is 3. The monoisotopic (exact) mass is 340 g/mol. The number of halogens is 2. The highest BCUT2D eigenvalue weighted by molar-refractivity contribution is 9.10. The van der Waals surface area contributed by atoms with E-state index in [0.717, 1.165) is 0 Å². The standard InChI is InChI=1S/C13H10BrClN2O2/c1-19-11-7-8(4-5-10(11)15)17-13(18)9-3-2-6-16-12(9)14/h2-7H,1H3,(H,17,18). The van der Waals surface area contributed by atoms with E-state index in [1.165, 1.54) is 7.11 Å². The van der Waals surface area contributed by atoms with Crippen molar-refractivity contribution in [1.82, 2.24) is 4.98 Å². The number of nitrogens with one attached hydrogen (secondary N) is 1. The summed E-state index contributed by atoms with van der Waals surface area (Å²) < 4.78 is 5.59. The number of carbonyl (C=O) groups excluding carboxylic acids is 1. The Kier molecular flexibility index (Phi) is 4.39. The first-order valence-electron chi connectivity index (χ1n) is 5.37. The van der Waals surface area contributed by atoms with Crippen LogP contribution in [0, 0.1) is 0 Å². The topological polar surface area (TPSA) is 51.2 Å². The Morgan fingerprint density at radius 1 is 1.42 bits per heavy atom. The van der Waals surface area contributed by atoms with Gasteiger partial charge in [-0.1, -0.05) is 11.6 Å². The van der Waals surface area contributed by atoms with Crippen molar-refractivity contribution < 1.29 is 9.53 Å². The molecule has 0 aliphatic rings. The Hall–Kier alpha value is -1.59. The zero-order valence-corrected chi connectivity index (χ0v) is 12.3. The van der Waals surface area contributed by atoms with Gasteiger partial charge in [0.1, 0.15) is 10.4 Å². The smallest absolute Gasteiger partial charge is 0.258 e. The zero-order valence-electron chi connectivity index (χ0n) is 9.98. The molecule has 1 aromatic carbocycles. The van der Waals surface area contributed by atoms with Gasteiger partial charge in [0, 0.05) is 18.0 Å². The van der Waals surface area contributed by atoms with Gasteiger partial charge in [-0.15, -0.1) is 0 Å². The highest BCUT2D eigenvalue weighted by Gasteiger charge is 2.11. The van der Waals surface area contributed by atoms with Gasteiger partial charge in [-0.3, -0.25) is 4.79 Å². The van der Waals surface area contributed by atoms with E-state index in [0.29, 0.717) is 26.6 Å². The number of hydrogen-bond donors (Lipinski definition) is 1. The van der Waals surface area contributed by atoms with Crippen LogP contribution in [0.25, 0.3) is 0 Å². The quantitative estimate of drug-likeness (QED) is 0.865. The predicted molar refractivity (Wildman–Crippen MR) is 77.9 cm³/mol. The Balaban J connectivity index is 2.22. The molecule has 0 aliphatic heterocycles. The van der Waals surface area contributed by atoms with Crippen molar-refractivity contribution in [1.29, 1.82) is 0 Å². The molecule has 1 N–H and O–H groups in total. The maximum Gasteiger partial charge on any atom is 0.258 e. The van der Waals surface area contributed by atoms with Crippen LogP contribution in [0.4, 0.5) is 5.69 Å². The molecule has 0 atom stereocenters. The molecule has 6 heteroatoms. The Morgan fingerprint density at radius 3 is 2.89 bits per heavy atom. The van der Waals surface area contributed by atoms with Crippen LogP contribution in [-0.4, -0.2) is 18.0 Å². The van der Waals surface area contributed by atoms with Crippen LogP contribution in [0.5, 0.6) is 5.75 Å². The van der Waals surface area contributed by atoms with Crippen molar-refractivity contribution in [3.8, 4) is 5.75 Å². The molecule has 19 heavy (non-hydrogen) atoms. The first-order chi connectivity index (χ1) is 9.11. The molecule has 0 bridgehead atoms. The summed E-state index contributed by atoms with van der Waals surface area (Å²) in [5.74, 6) is 0.245. The van der Waals surface area contributed by atoms with Gasteiger partial charge in [-0.2, -0.15) is 0 Å². The number of aromatic nitrogens is 1. The van der Waals surface area contributed by atoms with Crippen molar-refractivity contribution in [2.45, 2.75) is 0 Å². The number of benzene rings is 1. The third kappa shape index (κ3) is 3.24. The summed E-state index contributed by atoms with van der Waals surface area (Å²) in [6.45, 7) is 0. The largest absolute Gasteiger partial charge is 0.495 e. The highest BCUT2D eigenvalue weighted by Crippen LogP contribution is 2.27. The van der Waals surface area contributed by atoms with E-state index >= 15 is 0 Å². The van der Waals surface area contributed by atoms with Gasteiger partial charge in [-0.25, -0.2) is 4.98 Å².